The zero-order valence-corrected chi connectivity index (χ0v) is 5.81. The molecule has 0 aliphatic carbocycles. The predicted octanol–water partition coefficient (Wildman–Crippen LogP) is 0.758. The summed E-state index contributed by atoms with van der Waals surface area (Å²) >= 11 is 0. The maximum Gasteiger partial charge on any atom is 0.0256 e. The minimum absolute atomic E-state index is 1.01. The normalized spacial score (nSPS) is 11.6. The molecule has 0 aliphatic heterocycles. The molecule has 0 radical (unpaired) electrons. The zero-order chi connectivity index (χ0) is 6.57. The number of rotatable bonds is 2. The molecule has 0 aromatic heterocycles. The van der Waals surface area contributed by atoms with Gasteiger partial charge in [-0.05, 0) is 13.8 Å². The van der Waals surface area contributed by atoms with Crippen LogP contribution in [0, 0.1) is 0 Å². The molecule has 0 fully saturated rings. The molecule has 2 heteroatoms. The van der Waals surface area contributed by atoms with Gasteiger partial charge < -0.3 is 10.6 Å². The fourth-order valence-corrected chi connectivity index (χ4v) is 0.377. The number of allylic oxidation sites excluding steroid dienone is 1. The fraction of sp³-hybridized carbons (Fsp3) is 0.667. The van der Waals surface area contributed by atoms with Crippen LogP contribution in [0.5, 0.6) is 0 Å². The van der Waals surface area contributed by atoms with E-state index in [0.29, 0.717) is 0 Å². The average molecular weight is 114 g/mol. The first kappa shape index (κ1) is 7.34. The van der Waals surface area contributed by atoms with Gasteiger partial charge in [-0.1, -0.05) is 0 Å². The van der Waals surface area contributed by atoms with E-state index in [1.165, 1.54) is 0 Å². The first-order valence-electron chi connectivity index (χ1n) is 2.82. The lowest BCUT2D eigenvalue weighted by Crippen LogP contribution is -2.15. The van der Waals surface area contributed by atoms with Crippen molar-refractivity contribution >= 4 is 0 Å². The lowest BCUT2D eigenvalue weighted by atomic mass is 10.4. The van der Waals surface area contributed by atoms with Crippen molar-refractivity contribution < 1.29 is 0 Å². The molecule has 0 aromatic carbocycles. The molecule has 0 rings (SSSR count). The molecule has 0 atom stereocenters. The highest BCUT2D eigenvalue weighted by Crippen LogP contribution is 1.94. The van der Waals surface area contributed by atoms with Gasteiger partial charge in [0.1, 0.15) is 0 Å². The monoisotopic (exact) mass is 114 g/mol. The molecule has 0 spiro atoms. The van der Waals surface area contributed by atoms with Gasteiger partial charge >= 0.3 is 0 Å². The molecule has 0 aromatic rings. The summed E-state index contributed by atoms with van der Waals surface area (Å²) in [4.78, 5) is 2.08. The second-order valence-electron chi connectivity index (χ2n) is 1.82. The van der Waals surface area contributed by atoms with E-state index in [0.717, 1.165) is 12.2 Å². The maximum absolute atomic E-state index is 5.24. The second kappa shape index (κ2) is 3.36. The van der Waals surface area contributed by atoms with Crippen LogP contribution in [0.25, 0.3) is 0 Å². The third-order valence-corrected chi connectivity index (χ3v) is 1.32. The number of hydrogen-bond donors (Lipinski definition) is 1. The summed E-state index contributed by atoms with van der Waals surface area (Å²) in [5, 5.41) is 0. The summed E-state index contributed by atoms with van der Waals surface area (Å²) in [5.41, 5.74) is 6.36. The molecule has 48 valence electrons. The largest absolute Gasteiger partial charge is 0.403 e. The first-order valence-corrected chi connectivity index (χ1v) is 2.82. The Morgan fingerprint density at radius 1 is 1.75 bits per heavy atom. The Kier molecular flexibility index (Phi) is 3.08. The van der Waals surface area contributed by atoms with Crippen LogP contribution in [-0.2, 0) is 0 Å². The molecule has 2 N–H and O–H groups in total. The Morgan fingerprint density at radius 2 is 2.25 bits per heavy atom. The fourth-order valence-electron chi connectivity index (χ4n) is 0.377. The van der Waals surface area contributed by atoms with Crippen molar-refractivity contribution in [2.24, 2.45) is 5.73 Å². The van der Waals surface area contributed by atoms with Crippen LogP contribution in [-0.4, -0.2) is 18.5 Å². The quantitative estimate of drug-likeness (QED) is 0.574. The number of nitrogens with two attached hydrogens (primary N) is 1. The van der Waals surface area contributed by atoms with Crippen LogP contribution in [0.1, 0.15) is 13.8 Å². The van der Waals surface area contributed by atoms with Gasteiger partial charge in [-0.2, -0.15) is 0 Å². The smallest absolute Gasteiger partial charge is 0.0256 e. The van der Waals surface area contributed by atoms with Gasteiger partial charge in [0.2, 0.25) is 0 Å². The van der Waals surface area contributed by atoms with E-state index in [9.17, 15) is 0 Å². The Bertz CT molecular complexity index is 86.5. The van der Waals surface area contributed by atoms with Crippen LogP contribution in [0.2, 0.25) is 0 Å². The van der Waals surface area contributed by atoms with Crippen molar-refractivity contribution in [2.45, 2.75) is 13.8 Å². The summed E-state index contributed by atoms with van der Waals surface area (Å²) < 4.78 is 0. The zero-order valence-electron chi connectivity index (χ0n) is 5.81. The second-order valence-corrected chi connectivity index (χ2v) is 1.82. The van der Waals surface area contributed by atoms with Gasteiger partial charge in [-0.25, -0.2) is 0 Å². The van der Waals surface area contributed by atoms with Crippen molar-refractivity contribution in [3.63, 3.8) is 0 Å². The number of nitrogens with zero attached hydrogens (tertiary/aromatic N) is 1. The van der Waals surface area contributed by atoms with Crippen molar-refractivity contribution in [3.8, 4) is 0 Å². The molecule has 0 amide bonds. The van der Waals surface area contributed by atoms with Crippen molar-refractivity contribution in [3.05, 3.63) is 11.9 Å². The standard InChI is InChI=1S/C6H14N2/c1-4-8(3)6(2)5-7/h5H,4,7H2,1-3H3/b6-5-. The van der Waals surface area contributed by atoms with Crippen LogP contribution < -0.4 is 5.73 Å². The molecular weight excluding hydrogens is 100 g/mol. The van der Waals surface area contributed by atoms with E-state index >= 15 is 0 Å². The summed E-state index contributed by atoms with van der Waals surface area (Å²) in [6.45, 7) is 5.09. The Labute approximate surface area is 51.0 Å². The Morgan fingerprint density at radius 3 is 2.38 bits per heavy atom. The van der Waals surface area contributed by atoms with Crippen molar-refractivity contribution in [1.29, 1.82) is 0 Å². The molecule has 2 nitrogen and oxygen atoms in total. The molecule has 0 aliphatic rings. The topological polar surface area (TPSA) is 29.3 Å². The van der Waals surface area contributed by atoms with E-state index in [2.05, 4.69) is 11.8 Å². The Hall–Kier alpha value is -0.660. The lowest BCUT2D eigenvalue weighted by molar-refractivity contribution is 0.442. The summed E-state index contributed by atoms with van der Waals surface area (Å²) in [6, 6.07) is 0. The third kappa shape index (κ3) is 1.87. The molecule has 0 saturated heterocycles. The molecule has 0 saturated carbocycles. The minimum Gasteiger partial charge on any atom is -0.403 e. The van der Waals surface area contributed by atoms with E-state index in [1.807, 2.05) is 14.0 Å². The van der Waals surface area contributed by atoms with Gasteiger partial charge in [0.05, 0.1) is 0 Å². The third-order valence-electron chi connectivity index (χ3n) is 1.32. The first-order chi connectivity index (χ1) is 3.72. The van der Waals surface area contributed by atoms with Gasteiger partial charge in [0.15, 0.2) is 0 Å². The van der Waals surface area contributed by atoms with E-state index in [4.69, 9.17) is 5.73 Å². The molecule has 0 heterocycles. The van der Waals surface area contributed by atoms with E-state index in [-0.39, 0.29) is 0 Å². The maximum atomic E-state index is 5.24. The highest BCUT2D eigenvalue weighted by atomic mass is 15.1. The van der Waals surface area contributed by atoms with Gasteiger partial charge in [0, 0.05) is 25.5 Å². The Balaban J connectivity index is 3.63. The lowest BCUT2D eigenvalue weighted by Gasteiger charge is -2.15. The van der Waals surface area contributed by atoms with Gasteiger partial charge in [-0.15, -0.1) is 0 Å². The molecule has 8 heavy (non-hydrogen) atoms. The SMILES string of the molecule is CCN(C)/C(C)=C\N. The van der Waals surface area contributed by atoms with E-state index < -0.39 is 0 Å². The highest BCUT2D eigenvalue weighted by Gasteiger charge is 1.89. The molecular formula is C6H14N2. The van der Waals surface area contributed by atoms with Crippen LogP contribution >= 0.6 is 0 Å². The highest BCUT2D eigenvalue weighted by molar-refractivity contribution is 4.91. The van der Waals surface area contributed by atoms with Crippen LogP contribution in [0.15, 0.2) is 11.9 Å². The molecule has 0 unspecified atom stereocenters. The van der Waals surface area contributed by atoms with E-state index in [1.54, 1.807) is 6.20 Å². The van der Waals surface area contributed by atoms with Crippen molar-refractivity contribution in [2.75, 3.05) is 13.6 Å². The van der Waals surface area contributed by atoms with Crippen molar-refractivity contribution in [1.82, 2.24) is 4.90 Å². The minimum atomic E-state index is 1.01. The number of hydrogen-bond acceptors (Lipinski definition) is 2. The summed E-state index contributed by atoms with van der Waals surface area (Å²) in [5.74, 6) is 0. The van der Waals surface area contributed by atoms with Crippen LogP contribution in [0.4, 0.5) is 0 Å². The summed E-state index contributed by atoms with van der Waals surface area (Å²) in [7, 11) is 2.01. The average Bonchev–Trinajstić information content (AvgIpc) is 1.84. The van der Waals surface area contributed by atoms with Gasteiger partial charge in [-0.3, -0.25) is 0 Å². The molecule has 0 bridgehead atoms. The summed E-state index contributed by atoms with van der Waals surface area (Å²) in [6.07, 6.45) is 1.61. The van der Waals surface area contributed by atoms with Crippen LogP contribution in [0.3, 0.4) is 0 Å². The van der Waals surface area contributed by atoms with Gasteiger partial charge in [0.25, 0.3) is 0 Å². The predicted molar refractivity (Wildman–Crippen MR) is 36.2 cm³/mol.